The molecule has 0 bridgehead atoms. The highest BCUT2D eigenvalue weighted by molar-refractivity contribution is 5.85. The first-order valence-corrected chi connectivity index (χ1v) is 8.75. The molecule has 2 N–H and O–H groups in total. The van der Waals surface area contributed by atoms with Crippen LogP contribution in [0.5, 0.6) is 0 Å². The predicted octanol–water partition coefficient (Wildman–Crippen LogP) is 3.97. The summed E-state index contributed by atoms with van der Waals surface area (Å²) in [7, 11) is 0. The van der Waals surface area contributed by atoms with Crippen molar-refractivity contribution in [2.75, 3.05) is 19.6 Å². The van der Waals surface area contributed by atoms with Crippen LogP contribution in [0.25, 0.3) is 10.9 Å². The van der Waals surface area contributed by atoms with Gasteiger partial charge < -0.3 is 5.73 Å². The van der Waals surface area contributed by atoms with Crippen molar-refractivity contribution in [1.82, 2.24) is 9.88 Å². The summed E-state index contributed by atoms with van der Waals surface area (Å²) < 4.78 is 14.0. The minimum Gasteiger partial charge on any atom is -0.330 e. The Balaban J connectivity index is 0.00000196. The van der Waals surface area contributed by atoms with E-state index in [0.717, 1.165) is 30.7 Å². The van der Waals surface area contributed by atoms with Gasteiger partial charge in [0.1, 0.15) is 5.82 Å². The van der Waals surface area contributed by atoms with E-state index in [1.54, 1.807) is 24.4 Å². The van der Waals surface area contributed by atoms with Crippen molar-refractivity contribution in [3.05, 3.63) is 77.7 Å². The molecule has 26 heavy (non-hydrogen) atoms. The van der Waals surface area contributed by atoms with Gasteiger partial charge in [0.25, 0.3) is 0 Å². The maximum Gasteiger partial charge on any atom is 0.132 e. The first-order chi connectivity index (χ1) is 12.3. The molecule has 3 nitrogen and oxygen atoms in total. The van der Waals surface area contributed by atoms with E-state index in [9.17, 15) is 4.39 Å². The maximum absolute atomic E-state index is 14.0. The molecule has 136 valence electrons. The third kappa shape index (κ3) is 3.58. The minimum absolute atomic E-state index is 0. The molecule has 5 heteroatoms. The van der Waals surface area contributed by atoms with Crippen molar-refractivity contribution in [2.24, 2.45) is 11.7 Å². The quantitative estimate of drug-likeness (QED) is 0.754. The van der Waals surface area contributed by atoms with Gasteiger partial charge in [0.05, 0.1) is 5.52 Å². The van der Waals surface area contributed by atoms with E-state index in [-0.39, 0.29) is 18.2 Å². The molecule has 0 aliphatic carbocycles. The fourth-order valence-electron chi connectivity index (χ4n) is 3.97. The second-order valence-electron chi connectivity index (χ2n) is 6.81. The average Bonchev–Trinajstić information content (AvgIpc) is 3.08. The largest absolute Gasteiger partial charge is 0.330 e. The Hall–Kier alpha value is -2.01. The number of hydrogen-bond donors (Lipinski definition) is 1. The summed E-state index contributed by atoms with van der Waals surface area (Å²) in [5.41, 5.74) is 9.22. The highest BCUT2D eigenvalue weighted by atomic mass is 35.5. The second kappa shape index (κ2) is 8.12. The van der Waals surface area contributed by atoms with Gasteiger partial charge in [0.15, 0.2) is 0 Å². The Morgan fingerprint density at radius 1 is 1.04 bits per heavy atom. The number of nitrogens with two attached hydrogens (primary N) is 1. The highest BCUT2D eigenvalue weighted by Gasteiger charge is 2.32. The molecule has 0 radical (unpaired) electrons. The van der Waals surface area contributed by atoms with Crippen LogP contribution in [0.1, 0.15) is 17.0 Å². The average molecular weight is 372 g/mol. The lowest BCUT2D eigenvalue weighted by Gasteiger charge is -2.17. The van der Waals surface area contributed by atoms with Crippen molar-refractivity contribution in [3.63, 3.8) is 0 Å². The molecule has 2 aromatic carbocycles. The number of pyridine rings is 1. The molecule has 0 unspecified atom stereocenters. The molecule has 4 rings (SSSR count). The summed E-state index contributed by atoms with van der Waals surface area (Å²) in [6.07, 6.45) is 1.73. The smallest absolute Gasteiger partial charge is 0.132 e. The van der Waals surface area contributed by atoms with Crippen molar-refractivity contribution < 1.29 is 4.39 Å². The summed E-state index contributed by atoms with van der Waals surface area (Å²) in [4.78, 5) is 6.82. The Kier molecular flexibility index (Phi) is 5.87. The lowest BCUT2D eigenvalue weighted by atomic mass is 9.89. The van der Waals surface area contributed by atoms with E-state index in [0.29, 0.717) is 23.8 Å². The van der Waals surface area contributed by atoms with Crippen molar-refractivity contribution in [2.45, 2.75) is 12.5 Å². The Labute approximate surface area is 159 Å². The molecular weight excluding hydrogens is 349 g/mol. The number of aromatic nitrogens is 1. The van der Waals surface area contributed by atoms with Crippen molar-refractivity contribution in [3.8, 4) is 0 Å². The van der Waals surface area contributed by atoms with Crippen LogP contribution in [-0.4, -0.2) is 29.5 Å². The first-order valence-electron chi connectivity index (χ1n) is 8.75. The van der Waals surface area contributed by atoms with E-state index < -0.39 is 0 Å². The standard InChI is InChI=1S/C21H22FN3.ClH/c22-20-9-8-16(21-18(20)7-4-10-24-21)12-25-13-17(11-23)19(14-25)15-5-2-1-3-6-15;/h1-10,17,19H,11-14,23H2;1H/t17-,19+;/m1./s1. The molecule has 1 aliphatic heterocycles. The molecule has 1 aromatic heterocycles. The summed E-state index contributed by atoms with van der Waals surface area (Å²) in [6, 6.07) is 17.6. The Morgan fingerprint density at radius 3 is 2.62 bits per heavy atom. The van der Waals surface area contributed by atoms with Crippen LogP contribution in [-0.2, 0) is 6.54 Å². The van der Waals surface area contributed by atoms with Gasteiger partial charge in [-0.2, -0.15) is 0 Å². The fraction of sp³-hybridized carbons (Fsp3) is 0.286. The molecule has 0 saturated carbocycles. The number of halogens is 2. The van der Waals surface area contributed by atoms with Crippen LogP contribution >= 0.6 is 12.4 Å². The number of rotatable bonds is 4. The van der Waals surface area contributed by atoms with Gasteiger partial charge in [-0.3, -0.25) is 9.88 Å². The number of nitrogens with zero attached hydrogens (tertiary/aromatic N) is 2. The number of hydrogen-bond acceptors (Lipinski definition) is 3. The zero-order valence-electron chi connectivity index (χ0n) is 14.5. The summed E-state index contributed by atoms with van der Waals surface area (Å²) >= 11 is 0. The summed E-state index contributed by atoms with van der Waals surface area (Å²) in [5.74, 6) is 0.684. The van der Waals surface area contributed by atoms with Crippen LogP contribution in [0.2, 0.25) is 0 Å². The number of benzene rings is 2. The molecule has 1 aliphatic rings. The Bertz CT molecular complexity index is 872. The van der Waals surface area contributed by atoms with E-state index >= 15 is 0 Å². The maximum atomic E-state index is 14.0. The lowest BCUT2D eigenvalue weighted by molar-refractivity contribution is 0.318. The lowest BCUT2D eigenvalue weighted by Crippen LogP contribution is -2.23. The third-order valence-electron chi connectivity index (χ3n) is 5.24. The molecular formula is C21H23ClFN3. The van der Waals surface area contributed by atoms with Gasteiger partial charge in [-0.05, 0) is 41.8 Å². The van der Waals surface area contributed by atoms with Crippen LogP contribution in [0, 0.1) is 11.7 Å². The van der Waals surface area contributed by atoms with Gasteiger partial charge in [-0.15, -0.1) is 12.4 Å². The molecule has 3 aromatic rings. The predicted molar refractivity (Wildman–Crippen MR) is 106 cm³/mol. The summed E-state index contributed by atoms with van der Waals surface area (Å²) in [5, 5.41) is 0.592. The monoisotopic (exact) mass is 371 g/mol. The van der Waals surface area contributed by atoms with Crippen LogP contribution in [0.15, 0.2) is 60.8 Å². The molecule has 1 fully saturated rings. The SMILES string of the molecule is Cl.NC[C@@H]1CN(Cc2ccc(F)c3cccnc23)C[C@H]1c1ccccc1. The molecule has 2 heterocycles. The summed E-state index contributed by atoms with van der Waals surface area (Å²) in [6.45, 7) is 3.38. The van der Waals surface area contributed by atoms with Gasteiger partial charge in [0, 0.05) is 37.1 Å². The number of likely N-dealkylation sites (tertiary alicyclic amines) is 1. The fourth-order valence-corrected chi connectivity index (χ4v) is 3.97. The van der Waals surface area contributed by atoms with Gasteiger partial charge >= 0.3 is 0 Å². The highest BCUT2D eigenvalue weighted by Crippen LogP contribution is 2.33. The molecule has 2 atom stereocenters. The third-order valence-corrected chi connectivity index (χ3v) is 5.24. The second-order valence-corrected chi connectivity index (χ2v) is 6.81. The minimum atomic E-state index is -0.213. The number of fused-ring (bicyclic) bond motifs is 1. The van der Waals surface area contributed by atoms with E-state index in [1.807, 2.05) is 12.1 Å². The molecule has 0 spiro atoms. The van der Waals surface area contributed by atoms with Crippen LogP contribution < -0.4 is 5.73 Å². The topological polar surface area (TPSA) is 42.1 Å². The van der Waals surface area contributed by atoms with Gasteiger partial charge in [0.2, 0.25) is 0 Å². The van der Waals surface area contributed by atoms with Crippen LogP contribution in [0.4, 0.5) is 4.39 Å². The molecule has 0 amide bonds. The normalized spacial score (nSPS) is 20.2. The van der Waals surface area contributed by atoms with E-state index in [1.165, 1.54) is 5.56 Å². The first kappa shape index (κ1) is 18.8. The van der Waals surface area contributed by atoms with Gasteiger partial charge in [-0.25, -0.2) is 4.39 Å². The van der Waals surface area contributed by atoms with Crippen molar-refractivity contribution in [1.29, 1.82) is 0 Å². The van der Waals surface area contributed by atoms with E-state index in [4.69, 9.17) is 5.73 Å². The van der Waals surface area contributed by atoms with Crippen LogP contribution in [0.3, 0.4) is 0 Å². The van der Waals surface area contributed by atoms with Gasteiger partial charge in [-0.1, -0.05) is 36.4 Å². The zero-order valence-corrected chi connectivity index (χ0v) is 15.3. The Morgan fingerprint density at radius 2 is 1.85 bits per heavy atom. The van der Waals surface area contributed by atoms with Crippen molar-refractivity contribution >= 4 is 23.3 Å². The van der Waals surface area contributed by atoms with E-state index in [2.05, 4.69) is 34.1 Å². The zero-order chi connectivity index (χ0) is 17.2. The molecule has 1 saturated heterocycles.